The normalized spacial score (nSPS) is 21.7. The first-order chi connectivity index (χ1) is 8.15. The third-order valence-corrected chi connectivity index (χ3v) is 3.98. The van der Waals surface area contributed by atoms with Crippen molar-refractivity contribution in [2.45, 2.75) is 25.3 Å². The van der Waals surface area contributed by atoms with Gasteiger partial charge in [0, 0.05) is 19.1 Å². The summed E-state index contributed by atoms with van der Waals surface area (Å²) in [7, 11) is 0. The van der Waals surface area contributed by atoms with E-state index in [-0.39, 0.29) is 0 Å². The summed E-state index contributed by atoms with van der Waals surface area (Å²) in [5.41, 5.74) is 7.19. The van der Waals surface area contributed by atoms with Crippen molar-refractivity contribution in [2.75, 3.05) is 19.6 Å². The summed E-state index contributed by atoms with van der Waals surface area (Å²) in [5.74, 6) is 0. The predicted molar refractivity (Wildman–Crippen MR) is 73.8 cm³/mol. The van der Waals surface area contributed by atoms with E-state index in [9.17, 15) is 0 Å². The molecule has 1 saturated heterocycles. The fourth-order valence-corrected chi connectivity index (χ4v) is 2.60. The number of nitrogens with two attached hydrogens (primary N) is 1. The van der Waals surface area contributed by atoms with Crippen LogP contribution in [0.5, 0.6) is 0 Å². The molecule has 1 fully saturated rings. The highest BCUT2D eigenvalue weighted by molar-refractivity contribution is 6.42. The van der Waals surface area contributed by atoms with E-state index < -0.39 is 0 Å². The molecule has 1 aliphatic heterocycles. The van der Waals surface area contributed by atoms with Gasteiger partial charge in [-0.05, 0) is 43.5 Å². The molecular formula is C13H18Cl2N2. The van der Waals surface area contributed by atoms with Gasteiger partial charge in [-0.1, -0.05) is 29.3 Å². The van der Waals surface area contributed by atoms with Gasteiger partial charge < -0.3 is 10.6 Å². The molecule has 1 aromatic carbocycles. The second-order valence-corrected chi connectivity index (χ2v) is 5.52. The van der Waals surface area contributed by atoms with Crippen LogP contribution in [0.15, 0.2) is 18.2 Å². The van der Waals surface area contributed by atoms with Gasteiger partial charge in [0.15, 0.2) is 0 Å². The van der Waals surface area contributed by atoms with Gasteiger partial charge in [0.05, 0.1) is 10.0 Å². The van der Waals surface area contributed by atoms with Crippen LogP contribution in [0, 0.1) is 0 Å². The first-order valence-electron chi connectivity index (χ1n) is 6.07. The molecule has 4 heteroatoms. The van der Waals surface area contributed by atoms with Crippen LogP contribution in [0.25, 0.3) is 0 Å². The number of piperidine rings is 1. The lowest BCUT2D eigenvalue weighted by molar-refractivity contribution is 0.211. The number of benzene rings is 1. The van der Waals surface area contributed by atoms with Crippen molar-refractivity contribution in [3.05, 3.63) is 33.8 Å². The van der Waals surface area contributed by atoms with Gasteiger partial charge in [-0.2, -0.15) is 0 Å². The lowest BCUT2D eigenvalue weighted by Gasteiger charge is -2.30. The maximum atomic E-state index is 5.99. The van der Waals surface area contributed by atoms with Gasteiger partial charge in [0.25, 0.3) is 0 Å². The summed E-state index contributed by atoms with van der Waals surface area (Å²) >= 11 is 11.9. The fraction of sp³-hybridized carbons (Fsp3) is 0.538. The van der Waals surface area contributed by atoms with E-state index >= 15 is 0 Å². The number of hydrogen-bond acceptors (Lipinski definition) is 2. The molecule has 0 saturated carbocycles. The van der Waals surface area contributed by atoms with E-state index in [1.165, 1.54) is 12.0 Å². The molecule has 0 aromatic heterocycles. The molecule has 0 bridgehead atoms. The Morgan fingerprint density at radius 2 is 2.12 bits per heavy atom. The van der Waals surface area contributed by atoms with Gasteiger partial charge in [0.2, 0.25) is 0 Å². The summed E-state index contributed by atoms with van der Waals surface area (Å²) in [6.45, 7) is 3.22. The van der Waals surface area contributed by atoms with Gasteiger partial charge >= 0.3 is 0 Å². The SMILES string of the molecule is NC1CCCN(CCc2ccc(Cl)c(Cl)c2)C1. The molecule has 2 N–H and O–H groups in total. The maximum absolute atomic E-state index is 5.99. The summed E-state index contributed by atoms with van der Waals surface area (Å²) < 4.78 is 0. The molecule has 0 aliphatic carbocycles. The smallest absolute Gasteiger partial charge is 0.0595 e. The molecule has 2 nitrogen and oxygen atoms in total. The van der Waals surface area contributed by atoms with Crippen LogP contribution < -0.4 is 5.73 Å². The first kappa shape index (κ1) is 13.2. The largest absolute Gasteiger partial charge is 0.327 e. The summed E-state index contributed by atoms with van der Waals surface area (Å²) in [5, 5.41) is 1.26. The molecule has 2 rings (SSSR count). The Labute approximate surface area is 113 Å². The number of halogens is 2. The van der Waals surface area contributed by atoms with Crippen molar-refractivity contribution < 1.29 is 0 Å². The van der Waals surface area contributed by atoms with Crippen molar-refractivity contribution >= 4 is 23.2 Å². The van der Waals surface area contributed by atoms with Crippen LogP contribution in [0.3, 0.4) is 0 Å². The minimum absolute atomic E-state index is 0.345. The molecule has 0 spiro atoms. The van der Waals surface area contributed by atoms with Crippen molar-refractivity contribution in [2.24, 2.45) is 5.73 Å². The Hall–Kier alpha value is -0.280. The summed E-state index contributed by atoms with van der Waals surface area (Å²) in [4.78, 5) is 2.43. The number of likely N-dealkylation sites (tertiary alicyclic amines) is 1. The highest BCUT2D eigenvalue weighted by Gasteiger charge is 2.15. The molecule has 1 heterocycles. The average Bonchev–Trinajstić information content (AvgIpc) is 2.31. The molecule has 0 radical (unpaired) electrons. The third kappa shape index (κ3) is 3.85. The quantitative estimate of drug-likeness (QED) is 0.917. The standard InChI is InChI=1S/C13H18Cl2N2/c14-12-4-3-10(8-13(12)15)5-7-17-6-1-2-11(16)9-17/h3-4,8,11H,1-2,5-7,9,16H2. The number of hydrogen-bond donors (Lipinski definition) is 1. The van der Waals surface area contributed by atoms with Gasteiger partial charge in [0.1, 0.15) is 0 Å². The number of nitrogens with zero attached hydrogens (tertiary/aromatic N) is 1. The Bertz CT molecular complexity index is 382. The van der Waals surface area contributed by atoms with E-state index in [1.54, 1.807) is 0 Å². The van der Waals surface area contributed by atoms with Gasteiger partial charge in [-0.15, -0.1) is 0 Å². The maximum Gasteiger partial charge on any atom is 0.0595 e. The summed E-state index contributed by atoms with van der Waals surface area (Å²) in [6.07, 6.45) is 3.37. The molecule has 1 unspecified atom stereocenters. The van der Waals surface area contributed by atoms with Crippen molar-refractivity contribution in [3.63, 3.8) is 0 Å². The Morgan fingerprint density at radius 1 is 1.29 bits per heavy atom. The van der Waals surface area contributed by atoms with Crippen LogP contribution in [0.2, 0.25) is 10.0 Å². The van der Waals surface area contributed by atoms with Crippen molar-refractivity contribution in [1.29, 1.82) is 0 Å². The van der Waals surface area contributed by atoms with Crippen LogP contribution in [0.1, 0.15) is 18.4 Å². The van der Waals surface area contributed by atoms with E-state index in [4.69, 9.17) is 28.9 Å². The minimum atomic E-state index is 0.345. The first-order valence-corrected chi connectivity index (χ1v) is 6.82. The summed E-state index contributed by atoms with van der Waals surface area (Å²) in [6, 6.07) is 6.20. The highest BCUT2D eigenvalue weighted by atomic mass is 35.5. The lowest BCUT2D eigenvalue weighted by Crippen LogP contribution is -2.43. The number of rotatable bonds is 3. The van der Waals surface area contributed by atoms with Gasteiger partial charge in [-0.3, -0.25) is 0 Å². The van der Waals surface area contributed by atoms with Crippen LogP contribution in [-0.2, 0) is 6.42 Å². The fourth-order valence-electron chi connectivity index (χ4n) is 2.28. The zero-order valence-corrected chi connectivity index (χ0v) is 11.3. The predicted octanol–water partition coefficient (Wildman–Crippen LogP) is 2.96. The molecule has 1 aromatic rings. The zero-order valence-electron chi connectivity index (χ0n) is 9.83. The second kappa shape index (κ2) is 6.05. The van der Waals surface area contributed by atoms with E-state index in [0.29, 0.717) is 16.1 Å². The van der Waals surface area contributed by atoms with Crippen LogP contribution >= 0.6 is 23.2 Å². The highest BCUT2D eigenvalue weighted by Crippen LogP contribution is 2.23. The van der Waals surface area contributed by atoms with Crippen molar-refractivity contribution in [3.8, 4) is 0 Å². The Morgan fingerprint density at radius 3 is 2.82 bits per heavy atom. The third-order valence-electron chi connectivity index (χ3n) is 3.24. The molecule has 0 amide bonds. The van der Waals surface area contributed by atoms with Gasteiger partial charge in [-0.25, -0.2) is 0 Å². The molecule has 94 valence electrons. The van der Waals surface area contributed by atoms with E-state index in [1.807, 2.05) is 18.2 Å². The van der Waals surface area contributed by atoms with Crippen LogP contribution in [-0.4, -0.2) is 30.6 Å². The molecular weight excluding hydrogens is 255 g/mol. The average molecular weight is 273 g/mol. The monoisotopic (exact) mass is 272 g/mol. The zero-order chi connectivity index (χ0) is 12.3. The minimum Gasteiger partial charge on any atom is -0.327 e. The van der Waals surface area contributed by atoms with E-state index in [2.05, 4.69) is 4.90 Å². The Balaban J connectivity index is 1.86. The Kier molecular flexibility index (Phi) is 4.69. The van der Waals surface area contributed by atoms with E-state index in [0.717, 1.165) is 32.5 Å². The lowest BCUT2D eigenvalue weighted by atomic mass is 10.1. The topological polar surface area (TPSA) is 29.3 Å². The second-order valence-electron chi connectivity index (χ2n) is 4.70. The molecule has 1 aliphatic rings. The van der Waals surface area contributed by atoms with Crippen LogP contribution in [0.4, 0.5) is 0 Å². The molecule has 17 heavy (non-hydrogen) atoms. The molecule has 1 atom stereocenters. The van der Waals surface area contributed by atoms with Crippen molar-refractivity contribution in [1.82, 2.24) is 4.90 Å².